The molecule has 1 atom stereocenters. The number of anilines is 1. The van der Waals surface area contributed by atoms with E-state index in [1.54, 1.807) is 24.3 Å². The van der Waals surface area contributed by atoms with Crippen LogP contribution in [0.2, 0.25) is 0 Å². The minimum atomic E-state index is -0.458. The molecule has 1 aromatic carbocycles. The van der Waals surface area contributed by atoms with Gasteiger partial charge in [0.1, 0.15) is 5.25 Å². The average molecular weight is 457 g/mol. The van der Waals surface area contributed by atoms with Crippen LogP contribution >= 0.6 is 11.8 Å². The third-order valence-corrected chi connectivity index (χ3v) is 7.67. The Morgan fingerprint density at radius 2 is 1.78 bits per heavy atom. The molecule has 2 fully saturated rings. The molecule has 1 aliphatic carbocycles. The summed E-state index contributed by atoms with van der Waals surface area (Å²) in [5.41, 5.74) is 1.19. The van der Waals surface area contributed by atoms with E-state index in [0.29, 0.717) is 17.8 Å². The number of likely N-dealkylation sites (tertiary alicyclic amines) is 1. The van der Waals surface area contributed by atoms with Gasteiger partial charge in [0.25, 0.3) is 11.8 Å². The Kier molecular flexibility index (Phi) is 7.84. The van der Waals surface area contributed by atoms with Crippen molar-refractivity contribution in [3.63, 3.8) is 0 Å². The molecule has 1 saturated heterocycles. The molecule has 2 aliphatic heterocycles. The second kappa shape index (κ2) is 11.0. The van der Waals surface area contributed by atoms with E-state index >= 15 is 0 Å². The van der Waals surface area contributed by atoms with Crippen molar-refractivity contribution in [2.24, 2.45) is 10.9 Å². The van der Waals surface area contributed by atoms with Crippen molar-refractivity contribution in [3.05, 3.63) is 29.8 Å². The van der Waals surface area contributed by atoms with Gasteiger partial charge in [-0.05, 0) is 55.9 Å². The topological polar surface area (TPSA) is 90.9 Å². The van der Waals surface area contributed by atoms with Crippen LogP contribution in [0.5, 0.6) is 0 Å². The van der Waals surface area contributed by atoms with Gasteiger partial charge in [-0.2, -0.15) is 4.99 Å². The lowest BCUT2D eigenvalue weighted by atomic mass is 10.0. The zero-order valence-corrected chi connectivity index (χ0v) is 19.3. The number of carbonyl (C=O) groups is 3. The maximum Gasteiger partial charge on any atom is 0.262 e. The quantitative estimate of drug-likeness (QED) is 0.581. The zero-order valence-electron chi connectivity index (χ0n) is 18.5. The number of carbonyl (C=O) groups excluding carboxylic acids is 3. The van der Waals surface area contributed by atoms with E-state index in [1.165, 1.54) is 43.9 Å². The minimum absolute atomic E-state index is 0.0890. The first-order valence-corrected chi connectivity index (χ1v) is 12.7. The molecule has 0 aromatic heterocycles. The number of nitrogens with zero attached hydrogens (tertiary/aromatic N) is 2. The Bertz CT molecular complexity index is 859. The molecule has 0 spiro atoms. The Morgan fingerprint density at radius 1 is 1.06 bits per heavy atom. The fourth-order valence-corrected chi connectivity index (χ4v) is 5.75. The Balaban J connectivity index is 1.18. The summed E-state index contributed by atoms with van der Waals surface area (Å²) in [6.07, 6.45) is 9.91. The molecule has 172 valence electrons. The van der Waals surface area contributed by atoms with Crippen LogP contribution < -0.4 is 10.6 Å². The highest BCUT2D eigenvalue weighted by Gasteiger charge is 2.33. The molecule has 0 bridgehead atoms. The minimum Gasteiger partial charge on any atom is -0.352 e. The molecule has 4 rings (SSSR count). The lowest BCUT2D eigenvalue weighted by molar-refractivity contribution is -0.121. The van der Waals surface area contributed by atoms with Crippen molar-refractivity contribution in [2.45, 2.75) is 63.0 Å². The summed E-state index contributed by atoms with van der Waals surface area (Å²) in [5, 5.41) is 6.10. The van der Waals surface area contributed by atoms with Crippen LogP contribution in [-0.2, 0) is 9.59 Å². The molecule has 3 aliphatic rings. The van der Waals surface area contributed by atoms with Gasteiger partial charge in [-0.3, -0.25) is 14.4 Å². The van der Waals surface area contributed by atoms with Crippen molar-refractivity contribution in [2.75, 3.05) is 25.0 Å². The van der Waals surface area contributed by atoms with Crippen LogP contribution in [-0.4, -0.2) is 52.7 Å². The highest BCUT2D eigenvalue weighted by molar-refractivity contribution is 8.15. The lowest BCUT2D eigenvalue weighted by Crippen LogP contribution is -2.25. The number of thioether (sulfide) groups is 1. The van der Waals surface area contributed by atoms with Gasteiger partial charge in [0.05, 0.1) is 0 Å². The summed E-state index contributed by atoms with van der Waals surface area (Å²) in [7, 11) is 0. The monoisotopic (exact) mass is 456 g/mol. The van der Waals surface area contributed by atoms with Crippen LogP contribution in [0.4, 0.5) is 5.69 Å². The van der Waals surface area contributed by atoms with Crippen LogP contribution in [0.1, 0.15) is 68.1 Å². The summed E-state index contributed by atoms with van der Waals surface area (Å²) in [5.74, 6) is 0.296. The number of amidine groups is 1. The fourth-order valence-electron chi connectivity index (χ4n) is 4.63. The smallest absolute Gasteiger partial charge is 0.262 e. The van der Waals surface area contributed by atoms with Gasteiger partial charge in [-0.1, -0.05) is 37.4 Å². The molecule has 1 aromatic rings. The molecule has 1 unspecified atom stereocenters. The first kappa shape index (κ1) is 22.8. The summed E-state index contributed by atoms with van der Waals surface area (Å²) >= 11 is 1.39. The zero-order chi connectivity index (χ0) is 22.3. The fraction of sp³-hybridized carbons (Fsp3) is 0.583. The molecule has 8 heteroatoms. The Labute approximate surface area is 193 Å². The highest BCUT2D eigenvalue weighted by atomic mass is 32.2. The van der Waals surface area contributed by atoms with Gasteiger partial charge in [0.15, 0.2) is 5.17 Å². The molecule has 7 nitrogen and oxygen atoms in total. The number of rotatable bonds is 8. The first-order valence-electron chi connectivity index (χ1n) is 11.8. The van der Waals surface area contributed by atoms with Gasteiger partial charge in [-0.15, -0.1) is 0 Å². The summed E-state index contributed by atoms with van der Waals surface area (Å²) in [4.78, 5) is 43.2. The predicted molar refractivity (Wildman–Crippen MR) is 128 cm³/mol. The summed E-state index contributed by atoms with van der Waals surface area (Å²) < 4.78 is 0. The van der Waals surface area contributed by atoms with Gasteiger partial charge >= 0.3 is 0 Å². The predicted octanol–water partition coefficient (Wildman–Crippen LogP) is 3.81. The average Bonchev–Trinajstić information content (AvgIpc) is 3.55. The molecule has 32 heavy (non-hydrogen) atoms. The molecule has 2 heterocycles. The van der Waals surface area contributed by atoms with Crippen molar-refractivity contribution in [3.8, 4) is 0 Å². The molecular weight excluding hydrogens is 424 g/mol. The molecular formula is C24H32N4O3S. The lowest BCUT2D eigenvalue weighted by Gasteiger charge is -2.16. The van der Waals surface area contributed by atoms with Crippen LogP contribution in [0.3, 0.4) is 0 Å². The van der Waals surface area contributed by atoms with E-state index in [4.69, 9.17) is 0 Å². The number of aliphatic imine (C=N–C) groups is 1. The first-order chi connectivity index (χ1) is 15.6. The van der Waals surface area contributed by atoms with E-state index in [1.807, 2.05) is 0 Å². The highest BCUT2D eigenvalue weighted by Crippen LogP contribution is 2.29. The largest absolute Gasteiger partial charge is 0.352 e. The van der Waals surface area contributed by atoms with Gasteiger partial charge in [0.2, 0.25) is 5.91 Å². The van der Waals surface area contributed by atoms with Crippen LogP contribution in [0.25, 0.3) is 0 Å². The van der Waals surface area contributed by atoms with E-state index in [9.17, 15) is 14.4 Å². The van der Waals surface area contributed by atoms with E-state index in [-0.39, 0.29) is 24.1 Å². The molecule has 1 saturated carbocycles. The summed E-state index contributed by atoms with van der Waals surface area (Å²) in [6.45, 7) is 2.55. The van der Waals surface area contributed by atoms with Gasteiger partial charge in [-0.25, -0.2) is 0 Å². The summed E-state index contributed by atoms with van der Waals surface area (Å²) in [6, 6.07) is 6.88. The Morgan fingerprint density at radius 3 is 2.50 bits per heavy atom. The maximum absolute atomic E-state index is 12.4. The second-order valence-corrected chi connectivity index (χ2v) is 10.1. The number of hydrogen-bond donors (Lipinski definition) is 2. The second-order valence-electron chi connectivity index (χ2n) is 8.91. The number of amides is 3. The normalized spacial score (nSPS) is 21.1. The number of benzene rings is 1. The Hall–Kier alpha value is -2.35. The van der Waals surface area contributed by atoms with Crippen LogP contribution in [0.15, 0.2) is 29.3 Å². The van der Waals surface area contributed by atoms with Crippen molar-refractivity contribution in [1.29, 1.82) is 0 Å². The molecule has 0 radical (unpaired) electrons. The standard InChI is InChI=1S/C24H32N4O3S/c29-21(16-20-23(31)27-24(32-20)28-14-3-4-15-28)26-19-11-9-18(10-12-19)22(30)25-13-5-8-17-6-1-2-7-17/h9-12,17,20H,1-8,13-16H2,(H,25,30)(H,26,29). The van der Waals surface area contributed by atoms with E-state index < -0.39 is 5.25 Å². The molecule has 2 N–H and O–H groups in total. The van der Waals surface area contributed by atoms with E-state index in [0.717, 1.165) is 43.4 Å². The van der Waals surface area contributed by atoms with Gasteiger partial charge in [0, 0.05) is 37.3 Å². The third kappa shape index (κ3) is 6.12. The number of nitrogens with one attached hydrogen (secondary N) is 2. The number of hydrogen-bond acceptors (Lipinski definition) is 5. The van der Waals surface area contributed by atoms with Crippen molar-refractivity contribution < 1.29 is 14.4 Å². The van der Waals surface area contributed by atoms with E-state index in [2.05, 4.69) is 20.5 Å². The van der Waals surface area contributed by atoms with Crippen molar-refractivity contribution >= 4 is 40.3 Å². The van der Waals surface area contributed by atoms with Crippen molar-refractivity contribution in [1.82, 2.24) is 10.2 Å². The molecule has 3 amide bonds. The maximum atomic E-state index is 12.4. The SMILES string of the molecule is O=C(CC1SC(N2CCCC2)=NC1=O)Nc1ccc(C(=O)NCCCC2CCCC2)cc1. The third-order valence-electron chi connectivity index (χ3n) is 6.46. The van der Waals surface area contributed by atoms with Crippen LogP contribution in [0, 0.1) is 5.92 Å². The van der Waals surface area contributed by atoms with Gasteiger partial charge < -0.3 is 15.5 Å².